The molecular formula is C20H22FNO5. The van der Waals surface area contributed by atoms with Gasteiger partial charge in [-0.15, -0.1) is 0 Å². The zero-order valence-electron chi connectivity index (χ0n) is 15.0. The third-order valence-electron chi connectivity index (χ3n) is 3.80. The van der Waals surface area contributed by atoms with Gasteiger partial charge in [0.05, 0.1) is 13.7 Å². The first-order chi connectivity index (χ1) is 13.0. The summed E-state index contributed by atoms with van der Waals surface area (Å²) in [6.45, 7) is 0.316. The molecular weight excluding hydrogens is 353 g/mol. The molecule has 0 saturated carbocycles. The predicted molar refractivity (Wildman–Crippen MR) is 98.7 cm³/mol. The van der Waals surface area contributed by atoms with E-state index in [1.54, 1.807) is 30.3 Å². The number of aliphatic carboxylic acids is 1. The van der Waals surface area contributed by atoms with E-state index >= 15 is 0 Å². The van der Waals surface area contributed by atoms with Gasteiger partial charge in [0.25, 0.3) is 0 Å². The first kappa shape index (κ1) is 20.2. The van der Waals surface area contributed by atoms with Crippen LogP contribution in [-0.2, 0) is 16.0 Å². The number of rotatable bonds is 10. The minimum Gasteiger partial charge on any atom is -0.494 e. The molecule has 27 heavy (non-hydrogen) atoms. The number of benzene rings is 2. The summed E-state index contributed by atoms with van der Waals surface area (Å²) in [6, 6.07) is 11.4. The van der Waals surface area contributed by atoms with Crippen LogP contribution in [-0.4, -0.2) is 30.7 Å². The van der Waals surface area contributed by atoms with Crippen molar-refractivity contribution in [1.29, 1.82) is 0 Å². The Morgan fingerprint density at radius 2 is 1.85 bits per heavy atom. The van der Waals surface area contributed by atoms with Crippen LogP contribution in [0.4, 0.5) is 10.1 Å². The first-order valence-electron chi connectivity index (χ1n) is 8.55. The second kappa shape index (κ2) is 10.2. The van der Waals surface area contributed by atoms with Gasteiger partial charge in [-0.25, -0.2) is 4.39 Å². The van der Waals surface area contributed by atoms with E-state index < -0.39 is 11.8 Å². The van der Waals surface area contributed by atoms with Crippen molar-refractivity contribution in [2.24, 2.45) is 0 Å². The Balaban J connectivity index is 1.76. The maximum atomic E-state index is 13.6. The topological polar surface area (TPSA) is 84.9 Å². The van der Waals surface area contributed by atoms with Gasteiger partial charge in [-0.05, 0) is 54.8 Å². The number of halogens is 1. The summed E-state index contributed by atoms with van der Waals surface area (Å²) in [5, 5.41) is 11.3. The molecule has 0 spiro atoms. The van der Waals surface area contributed by atoms with Gasteiger partial charge in [-0.3, -0.25) is 9.59 Å². The largest absolute Gasteiger partial charge is 0.494 e. The number of carboxylic acids is 1. The lowest BCUT2D eigenvalue weighted by Gasteiger charge is -2.08. The SMILES string of the molecule is COc1ccc(CCC(=O)Nc2ccc(OCCCC(=O)O)cc2)cc1F. The number of aryl methyl sites for hydroxylation is 1. The molecule has 0 aliphatic carbocycles. The lowest BCUT2D eigenvalue weighted by atomic mass is 10.1. The van der Waals surface area contributed by atoms with Gasteiger partial charge in [-0.2, -0.15) is 0 Å². The molecule has 0 bridgehead atoms. The van der Waals surface area contributed by atoms with Gasteiger partial charge in [0.1, 0.15) is 5.75 Å². The fourth-order valence-electron chi connectivity index (χ4n) is 2.39. The summed E-state index contributed by atoms with van der Waals surface area (Å²) in [5.41, 5.74) is 1.34. The van der Waals surface area contributed by atoms with Gasteiger partial charge in [0.2, 0.25) is 5.91 Å². The van der Waals surface area contributed by atoms with Gasteiger partial charge >= 0.3 is 5.97 Å². The molecule has 0 aliphatic heterocycles. The van der Waals surface area contributed by atoms with Crippen molar-refractivity contribution in [2.45, 2.75) is 25.7 Å². The fraction of sp³-hybridized carbons (Fsp3) is 0.300. The smallest absolute Gasteiger partial charge is 0.303 e. The molecule has 0 unspecified atom stereocenters. The van der Waals surface area contributed by atoms with Crippen LogP contribution >= 0.6 is 0 Å². The fourth-order valence-corrected chi connectivity index (χ4v) is 2.39. The normalized spacial score (nSPS) is 10.3. The third kappa shape index (κ3) is 6.97. The number of carboxylic acid groups (broad SMARTS) is 1. The highest BCUT2D eigenvalue weighted by Crippen LogP contribution is 2.19. The van der Waals surface area contributed by atoms with Gasteiger partial charge < -0.3 is 19.9 Å². The van der Waals surface area contributed by atoms with Crippen molar-refractivity contribution in [1.82, 2.24) is 0 Å². The van der Waals surface area contributed by atoms with Crippen molar-refractivity contribution in [2.75, 3.05) is 19.0 Å². The quantitative estimate of drug-likeness (QED) is 0.619. The van der Waals surface area contributed by atoms with E-state index in [4.69, 9.17) is 14.6 Å². The molecule has 144 valence electrons. The Labute approximate surface area is 156 Å². The monoisotopic (exact) mass is 375 g/mol. The number of methoxy groups -OCH3 is 1. The summed E-state index contributed by atoms with van der Waals surface area (Å²) in [7, 11) is 1.40. The van der Waals surface area contributed by atoms with E-state index in [0.29, 0.717) is 36.4 Å². The summed E-state index contributed by atoms with van der Waals surface area (Å²) in [4.78, 5) is 22.5. The van der Waals surface area contributed by atoms with Crippen LogP contribution in [0.3, 0.4) is 0 Å². The average Bonchev–Trinajstić information content (AvgIpc) is 2.65. The average molecular weight is 375 g/mol. The number of anilines is 1. The highest BCUT2D eigenvalue weighted by Gasteiger charge is 2.07. The molecule has 0 fully saturated rings. The number of carbonyl (C=O) groups is 2. The maximum absolute atomic E-state index is 13.6. The van der Waals surface area contributed by atoms with Gasteiger partial charge in [-0.1, -0.05) is 6.07 Å². The Hall–Kier alpha value is -3.09. The summed E-state index contributed by atoms with van der Waals surface area (Å²) < 4.78 is 23.9. The van der Waals surface area contributed by atoms with Crippen LogP contribution in [0.2, 0.25) is 0 Å². The van der Waals surface area contributed by atoms with E-state index in [9.17, 15) is 14.0 Å². The Morgan fingerprint density at radius 3 is 2.48 bits per heavy atom. The van der Waals surface area contributed by atoms with Crippen LogP contribution < -0.4 is 14.8 Å². The summed E-state index contributed by atoms with van der Waals surface area (Å²) in [5.74, 6) is -0.703. The van der Waals surface area contributed by atoms with Crippen molar-refractivity contribution >= 4 is 17.6 Å². The van der Waals surface area contributed by atoms with Crippen molar-refractivity contribution in [3.63, 3.8) is 0 Å². The van der Waals surface area contributed by atoms with Gasteiger partial charge in [0.15, 0.2) is 11.6 Å². The molecule has 0 saturated heterocycles. The van der Waals surface area contributed by atoms with E-state index in [-0.39, 0.29) is 24.5 Å². The number of hydrogen-bond acceptors (Lipinski definition) is 4. The van der Waals surface area contributed by atoms with Crippen molar-refractivity contribution in [3.8, 4) is 11.5 Å². The molecule has 2 aromatic carbocycles. The van der Waals surface area contributed by atoms with Crippen LogP contribution in [0.1, 0.15) is 24.8 Å². The second-order valence-electron chi connectivity index (χ2n) is 5.89. The van der Waals surface area contributed by atoms with E-state index in [1.807, 2.05) is 0 Å². The zero-order chi connectivity index (χ0) is 19.6. The molecule has 2 aromatic rings. The highest BCUT2D eigenvalue weighted by atomic mass is 19.1. The van der Waals surface area contributed by atoms with Crippen molar-refractivity contribution < 1.29 is 28.6 Å². The minimum absolute atomic E-state index is 0.0617. The number of carbonyl (C=O) groups excluding carboxylic acids is 1. The zero-order valence-corrected chi connectivity index (χ0v) is 15.0. The van der Waals surface area contributed by atoms with E-state index in [1.165, 1.54) is 19.2 Å². The maximum Gasteiger partial charge on any atom is 0.303 e. The lowest BCUT2D eigenvalue weighted by Crippen LogP contribution is -2.12. The molecule has 1 amide bonds. The van der Waals surface area contributed by atoms with E-state index in [0.717, 1.165) is 0 Å². The Morgan fingerprint density at radius 1 is 1.11 bits per heavy atom. The molecule has 6 nitrogen and oxygen atoms in total. The summed E-state index contributed by atoms with van der Waals surface area (Å²) >= 11 is 0. The molecule has 2 rings (SSSR count). The van der Waals surface area contributed by atoms with Crippen LogP contribution in [0, 0.1) is 5.82 Å². The minimum atomic E-state index is -0.853. The first-order valence-corrected chi connectivity index (χ1v) is 8.55. The van der Waals surface area contributed by atoms with Crippen LogP contribution in [0.5, 0.6) is 11.5 Å². The number of hydrogen-bond donors (Lipinski definition) is 2. The molecule has 0 aromatic heterocycles. The molecule has 7 heteroatoms. The summed E-state index contributed by atoms with van der Waals surface area (Å²) in [6.07, 6.45) is 1.13. The molecule has 0 aliphatic rings. The highest BCUT2D eigenvalue weighted by molar-refractivity contribution is 5.90. The standard InChI is InChI=1S/C20H22FNO5/c1-26-18-10-4-14(13-17(18)21)5-11-19(23)22-15-6-8-16(9-7-15)27-12-2-3-20(24)25/h4,6-10,13H,2-3,5,11-12H2,1H3,(H,22,23)(H,24,25). The van der Waals surface area contributed by atoms with E-state index in [2.05, 4.69) is 5.32 Å². The molecule has 0 heterocycles. The second-order valence-corrected chi connectivity index (χ2v) is 5.89. The van der Waals surface area contributed by atoms with Crippen LogP contribution in [0.15, 0.2) is 42.5 Å². The molecule has 0 atom stereocenters. The Kier molecular flexibility index (Phi) is 7.61. The Bertz CT molecular complexity index is 776. The molecule has 2 N–H and O–H groups in total. The predicted octanol–water partition coefficient (Wildman–Crippen LogP) is 3.65. The van der Waals surface area contributed by atoms with Gasteiger partial charge in [0, 0.05) is 18.5 Å². The number of amides is 1. The third-order valence-corrected chi connectivity index (χ3v) is 3.80. The lowest BCUT2D eigenvalue weighted by molar-refractivity contribution is -0.137. The molecule has 0 radical (unpaired) electrons. The van der Waals surface area contributed by atoms with Crippen molar-refractivity contribution in [3.05, 3.63) is 53.8 Å². The number of ether oxygens (including phenoxy) is 2. The number of nitrogens with one attached hydrogen (secondary N) is 1. The van der Waals surface area contributed by atoms with Crippen LogP contribution in [0.25, 0.3) is 0 Å².